The minimum Gasteiger partial charge on any atom is -0.457 e. The van der Waals surface area contributed by atoms with Crippen molar-refractivity contribution >= 4 is 23.3 Å². The average molecular weight is 491 g/mol. The van der Waals surface area contributed by atoms with E-state index < -0.39 is 17.8 Å². The number of carbonyl (C=O) groups is 1. The summed E-state index contributed by atoms with van der Waals surface area (Å²) in [5, 5.41) is 0.592. The van der Waals surface area contributed by atoms with Gasteiger partial charge in [-0.1, -0.05) is 23.7 Å². The number of hydrogen-bond donors (Lipinski definition) is 0. The lowest BCUT2D eigenvalue weighted by Gasteiger charge is -2.24. The van der Waals surface area contributed by atoms with E-state index in [0.717, 1.165) is 12.1 Å². The molecule has 2 amide bonds. The summed E-state index contributed by atoms with van der Waals surface area (Å²) < 4.78 is 50.8. The Morgan fingerprint density at radius 2 is 1.65 bits per heavy atom. The van der Waals surface area contributed by atoms with E-state index in [1.54, 1.807) is 59.5 Å². The molecule has 1 saturated heterocycles. The Kier molecular flexibility index (Phi) is 7.00. The second kappa shape index (κ2) is 9.95. The van der Waals surface area contributed by atoms with Crippen molar-refractivity contribution < 1.29 is 27.4 Å². The molecule has 0 saturated carbocycles. The first kappa shape index (κ1) is 23.9. The topological polar surface area (TPSA) is 42.0 Å². The molecule has 1 aliphatic heterocycles. The van der Waals surface area contributed by atoms with E-state index in [4.69, 9.17) is 21.1 Å². The highest BCUT2D eigenvalue weighted by atomic mass is 35.5. The van der Waals surface area contributed by atoms with Crippen LogP contribution in [0, 0.1) is 0 Å². The molecule has 3 aromatic carbocycles. The molecule has 178 valence electrons. The molecule has 9 heteroatoms. The van der Waals surface area contributed by atoms with Crippen molar-refractivity contribution in [3.63, 3.8) is 0 Å². The van der Waals surface area contributed by atoms with Crippen LogP contribution in [-0.2, 0) is 10.9 Å². The average Bonchev–Trinajstić information content (AvgIpc) is 3.15. The molecule has 0 aliphatic carbocycles. The van der Waals surface area contributed by atoms with Crippen molar-refractivity contribution in [1.29, 1.82) is 0 Å². The molecule has 4 rings (SSSR count). The maximum Gasteiger partial charge on any atom is 0.416 e. The van der Waals surface area contributed by atoms with Gasteiger partial charge >= 0.3 is 12.2 Å². The van der Waals surface area contributed by atoms with Crippen LogP contribution in [0.4, 0.5) is 23.7 Å². The Balaban J connectivity index is 1.62. The Morgan fingerprint density at radius 3 is 2.26 bits per heavy atom. The van der Waals surface area contributed by atoms with Gasteiger partial charge in [-0.25, -0.2) is 4.79 Å². The quantitative estimate of drug-likeness (QED) is 0.366. The summed E-state index contributed by atoms with van der Waals surface area (Å²) in [6.07, 6.45) is -4.47. The van der Waals surface area contributed by atoms with Gasteiger partial charge in [0.1, 0.15) is 11.5 Å². The summed E-state index contributed by atoms with van der Waals surface area (Å²) in [6, 6.07) is 17.9. The van der Waals surface area contributed by atoms with Gasteiger partial charge in [-0.05, 0) is 66.2 Å². The number of rotatable bonds is 7. The summed E-state index contributed by atoms with van der Waals surface area (Å²) in [5.41, 5.74) is 0.208. The highest BCUT2D eigenvalue weighted by Crippen LogP contribution is 2.38. The minimum absolute atomic E-state index is 0.243. The maximum absolute atomic E-state index is 13.3. The summed E-state index contributed by atoms with van der Waals surface area (Å²) in [5.74, 6) is 1.14. The predicted octanol–water partition coefficient (Wildman–Crippen LogP) is 6.78. The SMILES string of the molecule is COCCN1CC(c2cccc(C(F)(F)F)c2)N(c2ccc(Oc3ccc(Cl)cc3)cc2)C1=O. The molecule has 1 fully saturated rings. The van der Waals surface area contributed by atoms with E-state index >= 15 is 0 Å². The Labute approximate surface area is 200 Å². The fourth-order valence-corrected chi connectivity index (χ4v) is 3.95. The van der Waals surface area contributed by atoms with E-state index in [2.05, 4.69) is 0 Å². The molecule has 0 aromatic heterocycles. The summed E-state index contributed by atoms with van der Waals surface area (Å²) in [6.45, 7) is 0.897. The van der Waals surface area contributed by atoms with E-state index in [9.17, 15) is 18.0 Å². The minimum atomic E-state index is -4.47. The number of halogens is 4. The largest absolute Gasteiger partial charge is 0.457 e. The summed E-state index contributed by atoms with van der Waals surface area (Å²) in [4.78, 5) is 16.3. The first-order chi connectivity index (χ1) is 16.3. The van der Waals surface area contributed by atoms with Crippen molar-refractivity contribution in [1.82, 2.24) is 4.90 Å². The molecule has 5 nitrogen and oxygen atoms in total. The zero-order chi connectivity index (χ0) is 24.3. The van der Waals surface area contributed by atoms with Crippen molar-refractivity contribution in [2.24, 2.45) is 0 Å². The van der Waals surface area contributed by atoms with Crippen molar-refractivity contribution in [3.05, 3.63) is 88.9 Å². The van der Waals surface area contributed by atoms with Crippen LogP contribution in [0.2, 0.25) is 5.02 Å². The molecule has 0 N–H and O–H groups in total. The van der Waals surface area contributed by atoms with Crippen molar-refractivity contribution in [2.75, 3.05) is 31.7 Å². The molecule has 3 aromatic rings. The number of amides is 2. The molecule has 34 heavy (non-hydrogen) atoms. The predicted molar refractivity (Wildman–Crippen MR) is 123 cm³/mol. The Bertz CT molecular complexity index is 1140. The molecule has 0 bridgehead atoms. The van der Waals surface area contributed by atoms with E-state index in [0.29, 0.717) is 40.9 Å². The van der Waals surface area contributed by atoms with E-state index in [-0.39, 0.29) is 12.6 Å². The summed E-state index contributed by atoms with van der Waals surface area (Å²) >= 11 is 5.90. The van der Waals surface area contributed by atoms with Crippen LogP contribution in [0.3, 0.4) is 0 Å². The van der Waals surface area contributed by atoms with Crippen LogP contribution >= 0.6 is 11.6 Å². The smallest absolute Gasteiger partial charge is 0.416 e. The third-order valence-electron chi connectivity index (χ3n) is 5.51. The zero-order valence-corrected chi connectivity index (χ0v) is 19.0. The highest BCUT2D eigenvalue weighted by molar-refractivity contribution is 6.30. The van der Waals surface area contributed by atoms with Crippen LogP contribution in [0.15, 0.2) is 72.8 Å². The van der Waals surface area contributed by atoms with Gasteiger partial charge in [0.2, 0.25) is 0 Å². The highest BCUT2D eigenvalue weighted by Gasteiger charge is 2.40. The molecule has 1 unspecified atom stereocenters. The molecule has 1 atom stereocenters. The number of benzene rings is 3. The number of alkyl halides is 3. The van der Waals surface area contributed by atoms with Gasteiger partial charge in [-0.3, -0.25) is 4.90 Å². The molecular formula is C25H22ClF3N2O3. The lowest BCUT2D eigenvalue weighted by Crippen LogP contribution is -2.34. The van der Waals surface area contributed by atoms with Crippen molar-refractivity contribution in [2.45, 2.75) is 12.2 Å². The molecule has 1 aliphatic rings. The number of ether oxygens (including phenoxy) is 2. The number of methoxy groups -OCH3 is 1. The summed E-state index contributed by atoms with van der Waals surface area (Å²) in [7, 11) is 1.53. The van der Waals surface area contributed by atoms with Crippen LogP contribution in [0.5, 0.6) is 11.5 Å². The van der Waals surface area contributed by atoms with Gasteiger partial charge in [-0.2, -0.15) is 13.2 Å². The monoisotopic (exact) mass is 490 g/mol. The van der Waals surface area contributed by atoms with Gasteiger partial charge < -0.3 is 14.4 Å². The normalized spacial score (nSPS) is 16.3. The second-order valence-electron chi connectivity index (χ2n) is 7.78. The molecular weight excluding hydrogens is 469 g/mol. The molecule has 1 heterocycles. The van der Waals surface area contributed by atoms with Gasteiger partial charge in [0.05, 0.1) is 18.2 Å². The molecule has 0 spiro atoms. The van der Waals surface area contributed by atoms with Gasteiger partial charge in [0.15, 0.2) is 0 Å². The Morgan fingerprint density at radius 1 is 1.00 bits per heavy atom. The zero-order valence-electron chi connectivity index (χ0n) is 18.3. The molecule has 0 radical (unpaired) electrons. The van der Waals surface area contributed by atoms with Gasteiger partial charge in [0.25, 0.3) is 0 Å². The third-order valence-corrected chi connectivity index (χ3v) is 5.76. The number of anilines is 1. The lowest BCUT2D eigenvalue weighted by atomic mass is 10.0. The fourth-order valence-electron chi connectivity index (χ4n) is 3.82. The number of carbonyl (C=O) groups excluding carboxylic acids is 1. The van der Waals surface area contributed by atoms with Gasteiger partial charge in [0, 0.05) is 30.9 Å². The van der Waals surface area contributed by atoms with Crippen LogP contribution in [0.25, 0.3) is 0 Å². The number of urea groups is 1. The van der Waals surface area contributed by atoms with Crippen LogP contribution < -0.4 is 9.64 Å². The van der Waals surface area contributed by atoms with Gasteiger partial charge in [-0.15, -0.1) is 0 Å². The third kappa shape index (κ3) is 5.29. The lowest BCUT2D eigenvalue weighted by molar-refractivity contribution is -0.137. The van der Waals surface area contributed by atoms with E-state index in [1.807, 2.05) is 0 Å². The fraction of sp³-hybridized carbons (Fsp3) is 0.240. The first-order valence-electron chi connectivity index (χ1n) is 10.5. The van der Waals surface area contributed by atoms with E-state index in [1.165, 1.54) is 18.1 Å². The standard InChI is InChI=1S/C25H22ClF3N2O3/c1-33-14-13-30-16-23(17-3-2-4-18(15-17)25(27,28)29)31(24(30)32)20-7-11-22(12-8-20)34-21-9-5-19(26)6-10-21/h2-12,15,23H,13-14,16H2,1H3. The number of nitrogens with zero attached hydrogens (tertiary/aromatic N) is 2. The Hall–Kier alpha value is -3.23. The first-order valence-corrected chi connectivity index (χ1v) is 10.9. The van der Waals surface area contributed by atoms with Crippen LogP contribution in [-0.4, -0.2) is 37.7 Å². The van der Waals surface area contributed by atoms with Crippen molar-refractivity contribution in [3.8, 4) is 11.5 Å². The maximum atomic E-state index is 13.3. The second-order valence-corrected chi connectivity index (χ2v) is 8.22. The number of hydrogen-bond acceptors (Lipinski definition) is 3. The van der Waals surface area contributed by atoms with Crippen LogP contribution in [0.1, 0.15) is 17.2 Å².